The third-order valence-electron chi connectivity index (χ3n) is 12.0. The molecular weight excluding hydrogens is 620 g/mol. The van der Waals surface area contributed by atoms with Crippen LogP contribution in [0.15, 0.2) is 33.9 Å². The number of fused-ring (bicyclic) bond motifs is 2. The lowest BCUT2D eigenvalue weighted by Crippen LogP contribution is -2.44. The fraction of sp³-hybridized carbons (Fsp3) is 0.514. The summed E-state index contributed by atoms with van der Waals surface area (Å²) in [4.78, 5) is 43.8. The zero-order valence-electron chi connectivity index (χ0n) is 27.9. The van der Waals surface area contributed by atoms with Crippen molar-refractivity contribution in [3.63, 3.8) is 0 Å². The topological polar surface area (TPSA) is 175 Å². The summed E-state index contributed by atoms with van der Waals surface area (Å²) in [5, 5.41) is 41.1. The van der Waals surface area contributed by atoms with Gasteiger partial charge in [0.25, 0.3) is 11.1 Å². The van der Waals surface area contributed by atoms with Gasteiger partial charge < -0.3 is 29.6 Å². The Balaban J connectivity index is 1.14. The molecule has 4 fully saturated rings. The first-order chi connectivity index (χ1) is 23.5. The quantitative estimate of drug-likeness (QED) is 0.283. The Bertz CT molecular complexity index is 2210. The summed E-state index contributed by atoms with van der Waals surface area (Å²) >= 11 is 0. The Morgan fingerprint density at radius 1 is 0.898 bits per heavy atom. The maximum absolute atomic E-state index is 14.3. The van der Waals surface area contributed by atoms with Gasteiger partial charge in [0.05, 0.1) is 40.4 Å². The number of anilines is 2. The van der Waals surface area contributed by atoms with Crippen LogP contribution in [0.25, 0.3) is 22.1 Å². The number of rotatable bonds is 5. The monoisotopic (exact) mass is 660 g/mol. The van der Waals surface area contributed by atoms with Gasteiger partial charge in [0.1, 0.15) is 39.9 Å². The highest BCUT2D eigenvalue weighted by molar-refractivity contribution is 5.93. The number of hydrogen-bond donors (Lipinski definition) is 3. The van der Waals surface area contributed by atoms with E-state index in [1.54, 1.807) is 36.6 Å². The number of aromatic amines is 1. The summed E-state index contributed by atoms with van der Waals surface area (Å²) in [6.45, 7) is 5.67. The van der Waals surface area contributed by atoms with Crippen molar-refractivity contribution >= 4 is 33.4 Å². The number of pyridine rings is 4. The van der Waals surface area contributed by atoms with Crippen LogP contribution >= 0.6 is 0 Å². The number of nitriles is 2. The highest BCUT2D eigenvalue weighted by Crippen LogP contribution is 2.63. The van der Waals surface area contributed by atoms with Gasteiger partial charge in [-0.2, -0.15) is 10.5 Å². The molecule has 1 atom stereocenters. The van der Waals surface area contributed by atoms with E-state index in [1.807, 2.05) is 11.0 Å². The molecule has 252 valence electrons. The number of aliphatic hydroxyl groups excluding tert-OH is 1. The molecule has 4 aromatic rings. The van der Waals surface area contributed by atoms with Crippen LogP contribution in [0.3, 0.4) is 0 Å². The molecule has 3 N–H and O–H groups in total. The molecule has 4 aromatic heterocycles. The second kappa shape index (κ2) is 11.1. The summed E-state index contributed by atoms with van der Waals surface area (Å²) in [7, 11) is 0. The lowest BCUT2D eigenvalue weighted by atomic mass is 9.63. The van der Waals surface area contributed by atoms with Crippen molar-refractivity contribution in [2.75, 3.05) is 36.0 Å². The molecule has 0 radical (unpaired) electrons. The molecule has 0 amide bonds. The molecule has 49 heavy (non-hydrogen) atoms. The Morgan fingerprint density at radius 2 is 1.55 bits per heavy atom. The van der Waals surface area contributed by atoms with Crippen molar-refractivity contribution in [2.24, 2.45) is 10.8 Å². The first-order valence-electron chi connectivity index (χ1n) is 17.3. The second-order valence-electron chi connectivity index (χ2n) is 15.2. The van der Waals surface area contributed by atoms with Crippen LogP contribution in [-0.4, -0.2) is 55.9 Å². The number of aromatic nitrogens is 4. The standard InChI is InChI=1S/C37H40N8O4/c1-35(2,49)27-7-5-25-29(42-27)31(23(19-38)33(47)41-25)44-16-12-37(13-17-44)18-28(37)45-26-6-4-22(21-46)40-30(26)32(24(20-39)34(45)48)43-14-10-36(11-15-43)8-3-9-36/h4-7,28,46,49H,3,8-18,21H2,1-2H3,(H,41,47). The van der Waals surface area contributed by atoms with Crippen molar-refractivity contribution in [1.29, 1.82) is 10.5 Å². The zero-order chi connectivity index (χ0) is 34.3. The Labute approximate surface area is 283 Å². The lowest BCUT2D eigenvalue weighted by Gasteiger charge is -2.48. The number of piperidine rings is 2. The van der Waals surface area contributed by atoms with Gasteiger partial charge >= 0.3 is 0 Å². The van der Waals surface area contributed by atoms with E-state index in [2.05, 4.69) is 22.0 Å². The van der Waals surface area contributed by atoms with E-state index in [1.165, 1.54) is 19.3 Å². The molecule has 1 unspecified atom stereocenters. The number of hydrogen-bond acceptors (Lipinski definition) is 10. The van der Waals surface area contributed by atoms with E-state index < -0.39 is 11.2 Å². The van der Waals surface area contributed by atoms with Crippen LogP contribution in [-0.2, 0) is 12.2 Å². The fourth-order valence-corrected chi connectivity index (χ4v) is 8.81. The molecule has 12 heteroatoms. The Hall–Kier alpha value is -4.78. The van der Waals surface area contributed by atoms with Crippen molar-refractivity contribution in [3.05, 3.63) is 67.5 Å². The maximum atomic E-state index is 14.3. The second-order valence-corrected chi connectivity index (χ2v) is 15.2. The third kappa shape index (κ3) is 4.92. The minimum Gasteiger partial charge on any atom is -0.390 e. The van der Waals surface area contributed by atoms with E-state index in [4.69, 9.17) is 9.97 Å². The number of aliphatic hydroxyl groups is 2. The number of nitrogens with one attached hydrogen (secondary N) is 1. The Kier molecular flexibility index (Phi) is 7.15. The third-order valence-corrected chi connectivity index (χ3v) is 12.0. The van der Waals surface area contributed by atoms with Crippen LogP contribution in [0, 0.1) is 33.5 Å². The molecule has 12 nitrogen and oxygen atoms in total. The highest BCUT2D eigenvalue weighted by atomic mass is 16.3. The molecule has 2 aliphatic carbocycles. The van der Waals surface area contributed by atoms with Crippen LogP contribution < -0.4 is 20.9 Å². The zero-order valence-corrected chi connectivity index (χ0v) is 27.9. The Morgan fingerprint density at radius 3 is 2.14 bits per heavy atom. The first kappa shape index (κ1) is 31.5. The van der Waals surface area contributed by atoms with Crippen LogP contribution in [0.1, 0.15) is 93.8 Å². The minimum absolute atomic E-state index is 0.0145. The van der Waals surface area contributed by atoms with Gasteiger partial charge in [-0.25, -0.2) is 9.97 Å². The average Bonchev–Trinajstić information content (AvgIpc) is 3.77. The van der Waals surface area contributed by atoms with Crippen molar-refractivity contribution in [3.8, 4) is 12.1 Å². The normalized spacial score (nSPS) is 21.1. The fourth-order valence-electron chi connectivity index (χ4n) is 8.81. The van der Waals surface area contributed by atoms with Crippen molar-refractivity contribution in [1.82, 2.24) is 19.5 Å². The van der Waals surface area contributed by atoms with Crippen LogP contribution in [0.4, 0.5) is 11.4 Å². The van der Waals surface area contributed by atoms with Crippen molar-refractivity contribution < 1.29 is 10.2 Å². The summed E-state index contributed by atoms with van der Waals surface area (Å²) in [5.41, 5.74) is 2.50. The van der Waals surface area contributed by atoms with Crippen LogP contribution in [0.5, 0.6) is 0 Å². The SMILES string of the molecule is CC(C)(O)c1ccc2[nH]c(=O)c(C#N)c(N3CCC4(CC3)CC4n3c(=O)c(C#N)c(N4CCC5(CCC5)CC4)c4nc(CO)ccc43)c2n1. The summed E-state index contributed by atoms with van der Waals surface area (Å²) < 4.78 is 1.78. The molecular formula is C37H40N8O4. The van der Waals surface area contributed by atoms with Gasteiger partial charge in [-0.15, -0.1) is 0 Å². The maximum Gasteiger partial charge on any atom is 0.271 e. The van der Waals surface area contributed by atoms with Gasteiger partial charge in [-0.05, 0) is 93.9 Å². The molecule has 4 aliphatic rings. The van der Waals surface area contributed by atoms with E-state index >= 15 is 0 Å². The molecule has 0 aromatic carbocycles. The van der Waals surface area contributed by atoms with Gasteiger partial charge in [-0.3, -0.25) is 9.59 Å². The van der Waals surface area contributed by atoms with Gasteiger partial charge in [0.2, 0.25) is 0 Å². The smallest absolute Gasteiger partial charge is 0.271 e. The van der Waals surface area contributed by atoms with E-state index in [0.717, 1.165) is 32.4 Å². The van der Waals surface area contributed by atoms with E-state index in [-0.39, 0.29) is 34.7 Å². The summed E-state index contributed by atoms with van der Waals surface area (Å²) in [5.74, 6) is 0. The molecule has 0 bridgehead atoms. The van der Waals surface area contributed by atoms with Crippen molar-refractivity contribution in [2.45, 2.75) is 83.5 Å². The molecule has 2 spiro atoms. The highest BCUT2D eigenvalue weighted by Gasteiger charge is 2.57. The van der Waals surface area contributed by atoms with Gasteiger partial charge in [0, 0.05) is 32.2 Å². The average molecular weight is 661 g/mol. The predicted molar refractivity (Wildman–Crippen MR) is 184 cm³/mol. The molecule has 6 heterocycles. The predicted octanol–water partition coefficient (Wildman–Crippen LogP) is 4.10. The van der Waals surface area contributed by atoms with Gasteiger partial charge in [-0.1, -0.05) is 6.42 Å². The molecule has 8 rings (SSSR count). The number of H-pyrrole nitrogens is 1. The van der Waals surface area contributed by atoms with E-state index in [9.17, 15) is 30.3 Å². The van der Waals surface area contributed by atoms with Gasteiger partial charge in [0.15, 0.2) is 0 Å². The number of nitrogens with zero attached hydrogens (tertiary/aromatic N) is 7. The minimum atomic E-state index is -1.21. The molecule has 2 saturated carbocycles. The largest absolute Gasteiger partial charge is 0.390 e. The van der Waals surface area contributed by atoms with Crippen LogP contribution in [0.2, 0.25) is 0 Å². The lowest BCUT2D eigenvalue weighted by molar-refractivity contribution is 0.0742. The summed E-state index contributed by atoms with van der Waals surface area (Å²) in [6.07, 6.45) is 8.00. The summed E-state index contributed by atoms with van der Waals surface area (Å²) in [6, 6.07) is 11.2. The first-order valence-corrected chi connectivity index (χ1v) is 17.3. The molecule has 2 saturated heterocycles. The van der Waals surface area contributed by atoms with E-state index in [0.29, 0.717) is 76.2 Å². The molecule has 2 aliphatic heterocycles.